The zero-order chi connectivity index (χ0) is 12.9. The minimum atomic E-state index is -0.455. The second-order valence-corrected chi connectivity index (χ2v) is 3.62. The number of hydrazine groups is 1. The van der Waals surface area contributed by atoms with Crippen molar-refractivity contribution in [2.24, 2.45) is 5.84 Å². The van der Waals surface area contributed by atoms with Crippen molar-refractivity contribution in [3.8, 4) is 0 Å². The molecule has 1 unspecified atom stereocenters. The smallest absolute Gasteiger partial charge is 0.262 e. The summed E-state index contributed by atoms with van der Waals surface area (Å²) < 4.78 is 15.6. The van der Waals surface area contributed by atoms with E-state index in [1.54, 1.807) is 7.11 Å². The maximum absolute atomic E-state index is 11.3. The van der Waals surface area contributed by atoms with Crippen LogP contribution in [-0.2, 0) is 19.0 Å². The Morgan fingerprint density at radius 2 is 2.06 bits per heavy atom. The summed E-state index contributed by atoms with van der Waals surface area (Å²) in [4.78, 5) is 11.3. The number of carbonyl (C=O) groups is 1. The molecule has 0 spiro atoms. The Kier molecular flexibility index (Phi) is 11.3. The second kappa shape index (κ2) is 11.8. The largest absolute Gasteiger partial charge is 0.382 e. The number of methoxy groups -OCH3 is 1. The van der Waals surface area contributed by atoms with E-state index in [4.69, 9.17) is 20.1 Å². The third-order valence-corrected chi connectivity index (χ3v) is 2.17. The molecule has 0 aromatic carbocycles. The molecule has 1 amide bonds. The summed E-state index contributed by atoms with van der Waals surface area (Å²) in [5.74, 6) is 4.80. The summed E-state index contributed by atoms with van der Waals surface area (Å²) in [5, 5.41) is 0. The molecule has 0 aromatic heterocycles. The first-order valence-corrected chi connectivity index (χ1v) is 5.95. The van der Waals surface area contributed by atoms with E-state index in [0.717, 1.165) is 12.8 Å². The predicted molar refractivity (Wildman–Crippen MR) is 64.3 cm³/mol. The lowest BCUT2D eigenvalue weighted by Crippen LogP contribution is -2.40. The van der Waals surface area contributed by atoms with Crippen molar-refractivity contribution in [3.63, 3.8) is 0 Å². The summed E-state index contributed by atoms with van der Waals surface area (Å²) >= 11 is 0. The van der Waals surface area contributed by atoms with Gasteiger partial charge in [-0.15, -0.1) is 0 Å². The van der Waals surface area contributed by atoms with Crippen molar-refractivity contribution in [2.45, 2.75) is 32.3 Å². The van der Waals surface area contributed by atoms with Gasteiger partial charge in [-0.3, -0.25) is 10.2 Å². The minimum absolute atomic E-state index is 0.271. The van der Waals surface area contributed by atoms with Gasteiger partial charge in [-0.2, -0.15) is 0 Å². The Bertz CT molecular complexity index is 190. The molecule has 0 bridgehead atoms. The molecule has 17 heavy (non-hydrogen) atoms. The van der Waals surface area contributed by atoms with Gasteiger partial charge in [0.1, 0.15) is 6.10 Å². The van der Waals surface area contributed by atoms with Crippen LogP contribution in [0.15, 0.2) is 0 Å². The van der Waals surface area contributed by atoms with Gasteiger partial charge in [-0.25, -0.2) is 5.84 Å². The number of nitrogens with one attached hydrogen (secondary N) is 1. The maximum atomic E-state index is 11.3. The van der Waals surface area contributed by atoms with Gasteiger partial charge < -0.3 is 14.2 Å². The van der Waals surface area contributed by atoms with Crippen LogP contribution in [-0.4, -0.2) is 45.5 Å². The monoisotopic (exact) mass is 248 g/mol. The van der Waals surface area contributed by atoms with E-state index in [1.807, 2.05) is 6.92 Å². The Morgan fingerprint density at radius 3 is 2.65 bits per heavy atom. The molecule has 0 aliphatic heterocycles. The first-order chi connectivity index (χ1) is 8.26. The van der Waals surface area contributed by atoms with Crippen LogP contribution < -0.4 is 11.3 Å². The number of hydrogen-bond donors (Lipinski definition) is 2. The molecule has 0 aromatic rings. The van der Waals surface area contributed by atoms with Crippen LogP contribution in [0.1, 0.15) is 26.2 Å². The van der Waals surface area contributed by atoms with Crippen LogP contribution in [0, 0.1) is 0 Å². The fourth-order valence-electron chi connectivity index (χ4n) is 1.28. The Labute approximate surface area is 103 Å². The number of rotatable bonds is 11. The molecule has 102 valence electrons. The first kappa shape index (κ1) is 16.3. The highest BCUT2D eigenvalue weighted by atomic mass is 16.5. The lowest BCUT2D eigenvalue weighted by atomic mass is 10.2. The molecule has 1 atom stereocenters. The molecule has 0 aliphatic rings. The fourth-order valence-corrected chi connectivity index (χ4v) is 1.28. The van der Waals surface area contributed by atoms with Crippen molar-refractivity contribution in [1.82, 2.24) is 5.43 Å². The Hall–Kier alpha value is -0.690. The van der Waals surface area contributed by atoms with E-state index in [2.05, 4.69) is 5.43 Å². The second-order valence-electron chi connectivity index (χ2n) is 3.62. The van der Waals surface area contributed by atoms with E-state index in [0.29, 0.717) is 32.8 Å². The SMILES string of the molecule is CCCC(OCCCOCCOC)C(=O)NN. The van der Waals surface area contributed by atoms with Crippen molar-refractivity contribution >= 4 is 5.91 Å². The van der Waals surface area contributed by atoms with Crippen LogP contribution in [0.3, 0.4) is 0 Å². The highest BCUT2D eigenvalue weighted by Crippen LogP contribution is 2.02. The van der Waals surface area contributed by atoms with Gasteiger partial charge in [0.05, 0.1) is 13.2 Å². The number of amides is 1. The summed E-state index contributed by atoms with van der Waals surface area (Å²) in [5.41, 5.74) is 2.11. The molecular formula is C11H24N2O4. The van der Waals surface area contributed by atoms with Crippen molar-refractivity contribution in [2.75, 3.05) is 33.5 Å². The Morgan fingerprint density at radius 1 is 1.29 bits per heavy atom. The summed E-state index contributed by atoms with van der Waals surface area (Å²) in [6.07, 6.45) is 1.85. The molecule has 3 N–H and O–H groups in total. The van der Waals surface area contributed by atoms with E-state index in [1.165, 1.54) is 0 Å². The van der Waals surface area contributed by atoms with Gasteiger partial charge in [-0.05, 0) is 12.8 Å². The van der Waals surface area contributed by atoms with Gasteiger partial charge in [-0.1, -0.05) is 13.3 Å². The third kappa shape index (κ3) is 9.05. The molecule has 0 rings (SSSR count). The predicted octanol–water partition coefficient (Wildman–Crippen LogP) is 0.215. The average molecular weight is 248 g/mol. The summed E-state index contributed by atoms with van der Waals surface area (Å²) in [7, 11) is 1.63. The van der Waals surface area contributed by atoms with E-state index in [-0.39, 0.29) is 5.91 Å². The van der Waals surface area contributed by atoms with Crippen LogP contribution in [0.2, 0.25) is 0 Å². The van der Waals surface area contributed by atoms with Crippen LogP contribution >= 0.6 is 0 Å². The zero-order valence-corrected chi connectivity index (χ0v) is 10.7. The van der Waals surface area contributed by atoms with Gasteiger partial charge in [0.2, 0.25) is 0 Å². The molecule has 0 aliphatic carbocycles. The summed E-state index contributed by atoms with van der Waals surface area (Å²) in [6, 6.07) is 0. The Balaban J connectivity index is 3.51. The van der Waals surface area contributed by atoms with E-state index < -0.39 is 6.10 Å². The normalized spacial score (nSPS) is 12.4. The average Bonchev–Trinajstić information content (AvgIpc) is 2.35. The number of carbonyl (C=O) groups excluding carboxylic acids is 1. The van der Waals surface area contributed by atoms with Gasteiger partial charge in [0, 0.05) is 20.3 Å². The molecule has 6 nitrogen and oxygen atoms in total. The van der Waals surface area contributed by atoms with Gasteiger partial charge in [0.25, 0.3) is 5.91 Å². The highest BCUT2D eigenvalue weighted by Gasteiger charge is 2.16. The van der Waals surface area contributed by atoms with Crippen LogP contribution in [0.5, 0.6) is 0 Å². The molecule has 6 heteroatoms. The molecule has 0 radical (unpaired) electrons. The summed E-state index contributed by atoms with van der Waals surface area (Å²) in [6.45, 7) is 4.26. The number of ether oxygens (including phenoxy) is 3. The van der Waals surface area contributed by atoms with Crippen LogP contribution in [0.4, 0.5) is 0 Å². The van der Waals surface area contributed by atoms with Gasteiger partial charge in [0.15, 0.2) is 0 Å². The number of nitrogens with two attached hydrogens (primary N) is 1. The van der Waals surface area contributed by atoms with E-state index in [9.17, 15) is 4.79 Å². The van der Waals surface area contributed by atoms with Gasteiger partial charge >= 0.3 is 0 Å². The lowest BCUT2D eigenvalue weighted by Gasteiger charge is -2.15. The molecule has 0 heterocycles. The van der Waals surface area contributed by atoms with Crippen molar-refractivity contribution in [1.29, 1.82) is 0 Å². The third-order valence-electron chi connectivity index (χ3n) is 2.17. The topological polar surface area (TPSA) is 82.8 Å². The molecule has 0 fully saturated rings. The van der Waals surface area contributed by atoms with Crippen LogP contribution in [0.25, 0.3) is 0 Å². The fraction of sp³-hybridized carbons (Fsp3) is 0.909. The van der Waals surface area contributed by atoms with Crippen molar-refractivity contribution in [3.05, 3.63) is 0 Å². The molecular weight excluding hydrogens is 224 g/mol. The number of hydrogen-bond acceptors (Lipinski definition) is 5. The minimum Gasteiger partial charge on any atom is -0.382 e. The molecule has 0 saturated carbocycles. The first-order valence-electron chi connectivity index (χ1n) is 5.95. The maximum Gasteiger partial charge on any atom is 0.262 e. The zero-order valence-electron chi connectivity index (χ0n) is 10.7. The lowest BCUT2D eigenvalue weighted by molar-refractivity contribution is -0.133. The quantitative estimate of drug-likeness (QED) is 0.236. The van der Waals surface area contributed by atoms with E-state index >= 15 is 0 Å². The highest BCUT2D eigenvalue weighted by molar-refractivity contribution is 5.80. The van der Waals surface area contributed by atoms with Crippen molar-refractivity contribution < 1.29 is 19.0 Å². The standard InChI is InChI=1S/C11H24N2O4/c1-3-5-10(11(14)13-12)17-7-4-6-16-9-8-15-2/h10H,3-9,12H2,1-2H3,(H,13,14). The molecule has 0 saturated heterocycles.